The van der Waals surface area contributed by atoms with E-state index < -0.39 is 5.82 Å². The molecule has 0 radical (unpaired) electrons. The highest BCUT2D eigenvalue weighted by molar-refractivity contribution is 5.94. The average molecular weight is 333 g/mol. The van der Waals surface area contributed by atoms with E-state index in [0.29, 0.717) is 36.6 Å². The summed E-state index contributed by atoms with van der Waals surface area (Å²) >= 11 is 0. The molecule has 2 aromatic carbocycles. The molecule has 0 saturated carbocycles. The molecule has 0 bridgehead atoms. The van der Waals surface area contributed by atoms with Crippen molar-refractivity contribution in [1.82, 2.24) is 5.32 Å². The molecule has 5 nitrogen and oxygen atoms in total. The zero-order chi connectivity index (χ0) is 17.4. The molecule has 2 aromatic rings. The minimum Gasteiger partial charge on any atom is -0.493 e. The van der Waals surface area contributed by atoms with Gasteiger partial charge in [0.05, 0.1) is 20.8 Å². The number of nitrogens with one attached hydrogen (secondary N) is 1. The third-order valence-electron chi connectivity index (χ3n) is 3.35. The topological polar surface area (TPSA) is 56.8 Å². The van der Waals surface area contributed by atoms with Gasteiger partial charge in [-0.15, -0.1) is 0 Å². The Bertz CT molecular complexity index is 690. The first-order valence-corrected chi connectivity index (χ1v) is 7.53. The molecule has 128 valence electrons. The lowest BCUT2D eigenvalue weighted by Gasteiger charge is -2.10. The number of methoxy groups -OCH3 is 2. The largest absolute Gasteiger partial charge is 0.493 e. The fourth-order valence-corrected chi connectivity index (χ4v) is 2.10. The zero-order valence-corrected chi connectivity index (χ0v) is 13.7. The van der Waals surface area contributed by atoms with Gasteiger partial charge in [0.1, 0.15) is 0 Å². The summed E-state index contributed by atoms with van der Waals surface area (Å²) < 4.78 is 29.0. The molecular formula is C18H20FNO4. The van der Waals surface area contributed by atoms with Gasteiger partial charge in [0.2, 0.25) is 0 Å². The Labute approximate surface area is 140 Å². The monoisotopic (exact) mass is 333 g/mol. The Kier molecular flexibility index (Phi) is 6.42. The fraction of sp³-hybridized carbons (Fsp3) is 0.278. The summed E-state index contributed by atoms with van der Waals surface area (Å²) in [4.78, 5) is 12.1. The maximum absolute atomic E-state index is 13.4. The Morgan fingerprint density at radius 1 is 1.04 bits per heavy atom. The summed E-state index contributed by atoms with van der Waals surface area (Å²) in [5.74, 6) is 0.651. The van der Waals surface area contributed by atoms with E-state index >= 15 is 0 Å². The number of ether oxygens (including phenoxy) is 3. The summed E-state index contributed by atoms with van der Waals surface area (Å²) in [7, 11) is 3.05. The lowest BCUT2D eigenvalue weighted by molar-refractivity contribution is 0.0951. The second-order valence-electron chi connectivity index (χ2n) is 4.96. The number of amides is 1. The van der Waals surface area contributed by atoms with Gasteiger partial charge in [-0.1, -0.05) is 12.1 Å². The van der Waals surface area contributed by atoms with Crippen LogP contribution in [0.1, 0.15) is 16.8 Å². The van der Waals surface area contributed by atoms with E-state index in [1.54, 1.807) is 36.4 Å². The van der Waals surface area contributed by atoms with Gasteiger partial charge >= 0.3 is 0 Å². The van der Waals surface area contributed by atoms with Crippen LogP contribution in [-0.4, -0.2) is 33.3 Å². The summed E-state index contributed by atoms with van der Waals surface area (Å²) in [6, 6.07) is 11.2. The Morgan fingerprint density at radius 2 is 1.79 bits per heavy atom. The molecule has 0 aliphatic heterocycles. The zero-order valence-electron chi connectivity index (χ0n) is 13.7. The molecule has 0 aliphatic rings. The first-order chi connectivity index (χ1) is 11.7. The second-order valence-corrected chi connectivity index (χ2v) is 4.96. The molecule has 24 heavy (non-hydrogen) atoms. The Morgan fingerprint density at radius 3 is 2.50 bits per heavy atom. The van der Waals surface area contributed by atoms with Crippen LogP contribution in [0.2, 0.25) is 0 Å². The van der Waals surface area contributed by atoms with Crippen LogP contribution >= 0.6 is 0 Å². The van der Waals surface area contributed by atoms with Crippen LogP contribution in [-0.2, 0) is 0 Å². The normalized spacial score (nSPS) is 10.1. The van der Waals surface area contributed by atoms with Gasteiger partial charge in [-0.2, -0.15) is 0 Å². The van der Waals surface area contributed by atoms with Crippen molar-refractivity contribution in [2.75, 3.05) is 27.4 Å². The van der Waals surface area contributed by atoms with Gasteiger partial charge in [0.15, 0.2) is 23.1 Å². The van der Waals surface area contributed by atoms with Crippen LogP contribution in [0, 0.1) is 5.82 Å². The minimum absolute atomic E-state index is 0.212. The minimum atomic E-state index is -0.396. The predicted octanol–water partition coefficient (Wildman–Crippen LogP) is 3.04. The number of carbonyl (C=O) groups is 1. The molecule has 2 rings (SSSR count). The number of hydrogen-bond donors (Lipinski definition) is 1. The van der Waals surface area contributed by atoms with Gasteiger partial charge in [0.25, 0.3) is 5.91 Å². The smallest absolute Gasteiger partial charge is 0.251 e. The van der Waals surface area contributed by atoms with E-state index in [9.17, 15) is 9.18 Å². The van der Waals surface area contributed by atoms with Crippen molar-refractivity contribution in [2.24, 2.45) is 0 Å². The summed E-state index contributed by atoms with van der Waals surface area (Å²) in [6.45, 7) is 0.731. The van der Waals surface area contributed by atoms with E-state index in [4.69, 9.17) is 14.2 Å². The summed E-state index contributed by atoms with van der Waals surface area (Å²) in [5.41, 5.74) is 0.475. The maximum atomic E-state index is 13.4. The number of para-hydroxylation sites is 1. The molecule has 0 aliphatic carbocycles. The number of rotatable bonds is 8. The molecule has 1 amide bonds. The Balaban J connectivity index is 1.78. The van der Waals surface area contributed by atoms with Gasteiger partial charge in [0, 0.05) is 12.1 Å². The molecule has 0 saturated heterocycles. The SMILES string of the molecule is COc1ccc(C(=O)NCCCOc2ccccc2F)cc1OC. The summed E-state index contributed by atoms with van der Waals surface area (Å²) in [6.07, 6.45) is 0.563. The van der Waals surface area contributed by atoms with Crippen molar-refractivity contribution in [3.8, 4) is 17.2 Å². The van der Waals surface area contributed by atoms with Gasteiger partial charge in [-0.3, -0.25) is 4.79 Å². The van der Waals surface area contributed by atoms with Crippen molar-refractivity contribution in [1.29, 1.82) is 0 Å². The lowest BCUT2D eigenvalue weighted by Crippen LogP contribution is -2.25. The molecule has 1 N–H and O–H groups in total. The number of hydrogen-bond acceptors (Lipinski definition) is 4. The van der Waals surface area contributed by atoms with Crippen LogP contribution < -0.4 is 19.5 Å². The molecule has 0 fully saturated rings. The maximum Gasteiger partial charge on any atom is 0.251 e. The van der Waals surface area contributed by atoms with E-state index in [2.05, 4.69) is 5.32 Å². The molecule has 6 heteroatoms. The van der Waals surface area contributed by atoms with Gasteiger partial charge < -0.3 is 19.5 Å². The van der Waals surface area contributed by atoms with Crippen LogP contribution in [0.5, 0.6) is 17.2 Å². The average Bonchev–Trinajstić information content (AvgIpc) is 2.62. The van der Waals surface area contributed by atoms with Crippen molar-refractivity contribution in [2.45, 2.75) is 6.42 Å². The number of halogens is 1. The summed E-state index contributed by atoms with van der Waals surface area (Å²) in [5, 5.41) is 2.78. The van der Waals surface area contributed by atoms with E-state index in [-0.39, 0.29) is 11.7 Å². The van der Waals surface area contributed by atoms with Crippen molar-refractivity contribution in [3.05, 3.63) is 53.8 Å². The Hall–Kier alpha value is -2.76. The molecular weight excluding hydrogens is 313 g/mol. The highest BCUT2D eigenvalue weighted by atomic mass is 19.1. The number of benzene rings is 2. The third-order valence-corrected chi connectivity index (χ3v) is 3.35. The van der Waals surface area contributed by atoms with Crippen molar-refractivity contribution in [3.63, 3.8) is 0 Å². The van der Waals surface area contributed by atoms with Crippen LogP contribution in [0.3, 0.4) is 0 Å². The lowest BCUT2D eigenvalue weighted by atomic mass is 10.2. The van der Waals surface area contributed by atoms with Gasteiger partial charge in [-0.25, -0.2) is 4.39 Å². The molecule has 0 aromatic heterocycles. The van der Waals surface area contributed by atoms with Crippen LogP contribution in [0.4, 0.5) is 4.39 Å². The molecule has 0 atom stereocenters. The van der Waals surface area contributed by atoms with Crippen molar-refractivity contribution < 1.29 is 23.4 Å². The molecule has 0 heterocycles. The molecule has 0 spiro atoms. The van der Waals surface area contributed by atoms with E-state index in [1.807, 2.05) is 0 Å². The van der Waals surface area contributed by atoms with Gasteiger partial charge in [-0.05, 0) is 36.8 Å². The highest BCUT2D eigenvalue weighted by Crippen LogP contribution is 2.27. The molecule has 0 unspecified atom stereocenters. The van der Waals surface area contributed by atoms with Crippen LogP contribution in [0.25, 0.3) is 0 Å². The predicted molar refractivity (Wildman–Crippen MR) is 88.4 cm³/mol. The first kappa shape index (κ1) is 17.6. The first-order valence-electron chi connectivity index (χ1n) is 7.53. The fourth-order valence-electron chi connectivity index (χ4n) is 2.10. The van der Waals surface area contributed by atoms with E-state index in [1.165, 1.54) is 20.3 Å². The van der Waals surface area contributed by atoms with E-state index in [0.717, 1.165) is 0 Å². The number of carbonyl (C=O) groups excluding carboxylic acids is 1. The highest BCUT2D eigenvalue weighted by Gasteiger charge is 2.10. The van der Waals surface area contributed by atoms with Crippen molar-refractivity contribution >= 4 is 5.91 Å². The quantitative estimate of drug-likeness (QED) is 0.755. The third kappa shape index (κ3) is 4.62. The standard InChI is InChI=1S/C18H20FNO4/c1-22-16-9-8-13(12-17(16)23-2)18(21)20-10-5-11-24-15-7-4-3-6-14(15)19/h3-4,6-9,12H,5,10-11H2,1-2H3,(H,20,21). The van der Waals surface area contributed by atoms with Crippen LogP contribution in [0.15, 0.2) is 42.5 Å². The second kappa shape index (κ2) is 8.76.